The molecule has 0 saturated heterocycles. The first-order valence-electron chi connectivity index (χ1n) is 9.26. The van der Waals surface area contributed by atoms with E-state index >= 15 is 0 Å². The molecule has 1 atom stereocenters. The quantitative estimate of drug-likeness (QED) is 0.556. The predicted octanol–water partition coefficient (Wildman–Crippen LogP) is 3.04. The number of nitrogens with one attached hydrogen (secondary N) is 1. The first kappa shape index (κ1) is 22.1. The number of hydrogen-bond donors (Lipinski definition) is 1. The number of benzene rings is 2. The van der Waals surface area contributed by atoms with Gasteiger partial charge in [0.05, 0.1) is 12.8 Å². The first-order valence-corrected chi connectivity index (χ1v) is 9.64. The molecule has 9 nitrogen and oxygen atoms in total. The lowest BCUT2D eigenvalue weighted by Gasteiger charge is -2.16. The third-order valence-corrected chi connectivity index (χ3v) is 4.73. The third kappa shape index (κ3) is 5.32. The molecule has 0 aliphatic carbocycles. The van der Waals surface area contributed by atoms with E-state index in [-0.39, 0.29) is 5.89 Å². The lowest BCUT2D eigenvalue weighted by molar-refractivity contribution is -0.154. The number of hydrogen-bond acceptors (Lipinski definition) is 7. The van der Waals surface area contributed by atoms with Crippen LogP contribution in [0.2, 0.25) is 5.02 Å². The fourth-order valence-electron chi connectivity index (χ4n) is 2.68. The zero-order valence-electron chi connectivity index (χ0n) is 17.0. The summed E-state index contributed by atoms with van der Waals surface area (Å²) in [5.74, 6) is -1.77. The van der Waals surface area contributed by atoms with Crippen molar-refractivity contribution in [3.05, 3.63) is 63.6 Å². The van der Waals surface area contributed by atoms with Gasteiger partial charge >= 0.3 is 11.7 Å². The van der Waals surface area contributed by atoms with Crippen molar-refractivity contribution in [1.82, 2.24) is 9.78 Å². The molecule has 162 valence electrons. The van der Waals surface area contributed by atoms with Crippen LogP contribution in [0.3, 0.4) is 0 Å². The smallest absolute Gasteiger partial charge is 0.437 e. The number of aryl methyl sites for hydroxylation is 1. The summed E-state index contributed by atoms with van der Waals surface area (Å²) in [4.78, 5) is 36.6. The van der Waals surface area contributed by atoms with Crippen LogP contribution in [0.1, 0.15) is 12.5 Å². The number of carbonyl (C=O) groups is 2. The molecule has 1 N–H and O–H groups in total. The average Bonchev–Trinajstić information content (AvgIpc) is 3.11. The molecular formula is C21H20ClN3O6. The summed E-state index contributed by atoms with van der Waals surface area (Å²) in [7, 11) is 1.44. The molecule has 0 saturated carbocycles. The van der Waals surface area contributed by atoms with Crippen LogP contribution in [0.25, 0.3) is 11.5 Å². The second-order valence-electron chi connectivity index (χ2n) is 6.62. The number of aromatic nitrogens is 2. The predicted molar refractivity (Wildman–Crippen MR) is 113 cm³/mol. The zero-order valence-corrected chi connectivity index (χ0v) is 17.8. The summed E-state index contributed by atoms with van der Waals surface area (Å²) >= 11 is 6.06. The second-order valence-corrected chi connectivity index (χ2v) is 7.03. The Hall–Kier alpha value is -3.59. The minimum Gasteiger partial charge on any atom is -0.495 e. The molecule has 0 fully saturated rings. The van der Waals surface area contributed by atoms with Crippen LogP contribution in [-0.4, -0.2) is 34.9 Å². The molecule has 1 unspecified atom stereocenters. The van der Waals surface area contributed by atoms with Crippen LogP contribution >= 0.6 is 11.6 Å². The monoisotopic (exact) mass is 445 g/mol. The van der Waals surface area contributed by atoms with Crippen LogP contribution in [0, 0.1) is 6.92 Å². The van der Waals surface area contributed by atoms with Crippen LogP contribution in [-0.2, 0) is 20.9 Å². The van der Waals surface area contributed by atoms with E-state index in [0.29, 0.717) is 22.0 Å². The van der Waals surface area contributed by atoms with Gasteiger partial charge in [0.1, 0.15) is 12.3 Å². The zero-order chi connectivity index (χ0) is 22.5. The Morgan fingerprint density at radius 2 is 1.97 bits per heavy atom. The molecule has 0 bridgehead atoms. The van der Waals surface area contributed by atoms with Crippen LogP contribution in [0.4, 0.5) is 5.69 Å². The molecule has 0 spiro atoms. The number of esters is 1. The summed E-state index contributed by atoms with van der Waals surface area (Å²) in [6.07, 6.45) is -1.13. The van der Waals surface area contributed by atoms with Crippen LogP contribution in [0.15, 0.2) is 51.7 Å². The molecule has 10 heteroatoms. The lowest BCUT2D eigenvalue weighted by atomic mass is 10.2. The van der Waals surface area contributed by atoms with E-state index in [0.717, 1.165) is 10.2 Å². The van der Waals surface area contributed by atoms with Gasteiger partial charge in [0.2, 0.25) is 5.89 Å². The maximum absolute atomic E-state index is 12.4. The highest BCUT2D eigenvalue weighted by Gasteiger charge is 2.21. The van der Waals surface area contributed by atoms with Crippen molar-refractivity contribution in [3.8, 4) is 17.2 Å². The molecule has 3 aromatic rings. The molecule has 0 aliphatic rings. The van der Waals surface area contributed by atoms with Gasteiger partial charge in [0, 0.05) is 16.7 Å². The Labute approximate surface area is 182 Å². The number of ether oxygens (including phenoxy) is 2. The summed E-state index contributed by atoms with van der Waals surface area (Å²) in [6, 6.07) is 12.0. The topological polar surface area (TPSA) is 113 Å². The van der Waals surface area contributed by atoms with E-state index in [1.165, 1.54) is 14.0 Å². The van der Waals surface area contributed by atoms with Crippen molar-refractivity contribution in [1.29, 1.82) is 0 Å². The number of methoxy groups -OCH3 is 1. The van der Waals surface area contributed by atoms with Crippen LogP contribution in [0.5, 0.6) is 5.75 Å². The minimum absolute atomic E-state index is 0.0781. The van der Waals surface area contributed by atoms with E-state index in [9.17, 15) is 14.4 Å². The van der Waals surface area contributed by atoms with Gasteiger partial charge < -0.3 is 19.2 Å². The Kier molecular flexibility index (Phi) is 6.76. The number of halogens is 1. The van der Waals surface area contributed by atoms with Gasteiger partial charge in [-0.15, -0.1) is 5.10 Å². The van der Waals surface area contributed by atoms with E-state index in [2.05, 4.69) is 10.4 Å². The minimum atomic E-state index is -1.13. The summed E-state index contributed by atoms with van der Waals surface area (Å²) in [5, 5.41) is 7.11. The Morgan fingerprint density at radius 3 is 2.65 bits per heavy atom. The lowest BCUT2D eigenvalue weighted by Crippen LogP contribution is -2.32. The van der Waals surface area contributed by atoms with E-state index in [4.69, 9.17) is 25.5 Å². The van der Waals surface area contributed by atoms with E-state index in [1.54, 1.807) is 43.3 Å². The molecule has 31 heavy (non-hydrogen) atoms. The van der Waals surface area contributed by atoms with Crippen molar-refractivity contribution in [2.24, 2.45) is 0 Å². The maximum atomic E-state index is 12.4. The summed E-state index contributed by atoms with van der Waals surface area (Å²) in [5.41, 5.74) is 1.71. The molecule has 1 heterocycles. The Balaban J connectivity index is 1.63. The highest BCUT2D eigenvalue weighted by Crippen LogP contribution is 2.31. The maximum Gasteiger partial charge on any atom is 0.437 e. The fraction of sp³-hybridized carbons (Fsp3) is 0.238. The number of carbonyl (C=O) groups excluding carboxylic acids is 2. The van der Waals surface area contributed by atoms with Gasteiger partial charge in [0.15, 0.2) is 6.10 Å². The van der Waals surface area contributed by atoms with E-state index < -0.39 is 30.3 Å². The SMILES string of the molecule is COc1cc(Cl)c(C)cc1NC(=O)C(C)OC(=O)Cn1nc(-c2ccccc2)oc1=O. The summed E-state index contributed by atoms with van der Waals surface area (Å²) < 4.78 is 16.2. The van der Waals surface area contributed by atoms with Crippen LogP contribution < -0.4 is 15.8 Å². The molecule has 1 amide bonds. The summed E-state index contributed by atoms with van der Waals surface area (Å²) in [6.45, 7) is 2.68. The molecule has 0 radical (unpaired) electrons. The number of amides is 1. The molecular weight excluding hydrogens is 426 g/mol. The Morgan fingerprint density at radius 1 is 1.26 bits per heavy atom. The standard InChI is InChI=1S/C21H20ClN3O6/c1-12-9-16(17(29-3)10-15(12)22)23-19(27)13(2)30-18(26)11-25-21(28)31-20(24-25)14-7-5-4-6-8-14/h4-10,13H,11H2,1-3H3,(H,23,27). The van der Waals surface area contributed by atoms with Gasteiger partial charge in [-0.3, -0.25) is 9.59 Å². The highest BCUT2D eigenvalue weighted by atomic mass is 35.5. The Bertz CT molecular complexity index is 1160. The largest absolute Gasteiger partial charge is 0.495 e. The molecule has 1 aromatic heterocycles. The third-order valence-electron chi connectivity index (χ3n) is 4.32. The van der Waals surface area contributed by atoms with Crippen molar-refractivity contribution < 1.29 is 23.5 Å². The van der Waals surface area contributed by atoms with Gasteiger partial charge in [-0.25, -0.2) is 4.79 Å². The molecule has 2 aromatic carbocycles. The molecule has 0 aliphatic heterocycles. The normalized spacial score (nSPS) is 11.6. The van der Waals surface area contributed by atoms with Crippen molar-refractivity contribution in [2.45, 2.75) is 26.5 Å². The van der Waals surface area contributed by atoms with Crippen molar-refractivity contribution in [2.75, 3.05) is 12.4 Å². The van der Waals surface area contributed by atoms with Gasteiger partial charge in [-0.2, -0.15) is 4.68 Å². The number of nitrogens with zero attached hydrogens (tertiary/aromatic N) is 2. The fourth-order valence-corrected chi connectivity index (χ4v) is 2.83. The number of rotatable bonds is 7. The van der Waals surface area contributed by atoms with Gasteiger partial charge in [-0.05, 0) is 37.6 Å². The second kappa shape index (κ2) is 9.48. The van der Waals surface area contributed by atoms with Crippen molar-refractivity contribution in [3.63, 3.8) is 0 Å². The average molecular weight is 446 g/mol. The van der Waals surface area contributed by atoms with E-state index in [1.807, 2.05) is 6.07 Å². The molecule has 3 rings (SSSR count). The van der Waals surface area contributed by atoms with Crippen molar-refractivity contribution >= 4 is 29.2 Å². The van der Waals surface area contributed by atoms with Gasteiger partial charge in [-0.1, -0.05) is 29.8 Å². The highest BCUT2D eigenvalue weighted by molar-refractivity contribution is 6.31. The van der Waals surface area contributed by atoms with Gasteiger partial charge in [0.25, 0.3) is 5.91 Å². The number of anilines is 1. The first-order chi connectivity index (χ1) is 14.8.